The molecule has 0 spiro atoms. The van der Waals surface area contributed by atoms with Gasteiger partial charge in [-0.25, -0.2) is 4.98 Å². The van der Waals surface area contributed by atoms with Gasteiger partial charge >= 0.3 is 5.97 Å². The minimum absolute atomic E-state index is 0.149. The van der Waals surface area contributed by atoms with Gasteiger partial charge in [-0.05, 0) is 13.3 Å². The van der Waals surface area contributed by atoms with Crippen LogP contribution in [-0.2, 0) is 9.53 Å². The van der Waals surface area contributed by atoms with Gasteiger partial charge in [0, 0.05) is 18.1 Å². The van der Waals surface area contributed by atoms with Crippen LogP contribution in [0.25, 0.3) is 0 Å². The van der Waals surface area contributed by atoms with Crippen molar-refractivity contribution in [3.63, 3.8) is 0 Å². The van der Waals surface area contributed by atoms with E-state index in [1.807, 2.05) is 12.3 Å². The molecular formula is C11H18N2O2S. The number of nitrogens with one attached hydrogen (secondary N) is 1. The highest BCUT2D eigenvalue weighted by Gasteiger charge is 2.11. The standard InChI is InChI=1S/C11H18N2O2S/c1-3-9(11-13-7-8-16-11)12-6-5-10(14)15-4-2/h7-9,12H,3-6H2,1-2H3. The van der Waals surface area contributed by atoms with E-state index in [2.05, 4.69) is 17.2 Å². The lowest BCUT2D eigenvalue weighted by Crippen LogP contribution is -2.24. The molecular weight excluding hydrogens is 224 g/mol. The van der Waals surface area contributed by atoms with Crippen molar-refractivity contribution in [2.24, 2.45) is 0 Å². The number of carbonyl (C=O) groups excluding carboxylic acids is 1. The van der Waals surface area contributed by atoms with Crippen LogP contribution in [0.2, 0.25) is 0 Å². The van der Waals surface area contributed by atoms with Crippen molar-refractivity contribution >= 4 is 17.3 Å². The molecule has 0 amide bonds. The lowest BCUT2D eigenvalue weighted by molar-refractivity contribution is -0.143. The fraction of sp³-hybridized carbons (Fsp3) is 0.636. The number of thiazole rings is 1. The van der Waals surface area contributed by atoms with Gasteiger partial charge in [0.05, 0.1) is 19.1 Å². The molecule has 90 valence electrons. The van der Waals surface area contributed by atoms with Gasteiger partial charge in [0.1, 0.15) is 5.01 Å². The molecule has 0 fully saturated rings. The summed E-state index contributed by atoms with van der Waals surface area (Å²) < 4.78 is 4.86. The van der Waals surface area contributed by atoms with Crippen LogP contribution in [0, 0.1) is 0 Å². The maximum atomic E-state index is 11.1. The Hall–Kier alpha value is -0.940. The molecule has 1 N–H and O–H groups in total. The number of ether oxygens (including phenoxy) is 1. The van der Waals surface area contributed by atoms with Crippen LogP contribution < -0.4 is 5.32 Å². The second-order valence-corrected chi connectivity index (χ2v) is 4.27. The third kappa shape index (κ3) is 4.28. The molecule has 1 heterocycles. The number of hydrogen-bond acceptors (Lipinski definition) is 5. The molecule has 0 aromatic carbocycles. The van der Waals surface area contributed by atoms with Gasteiger partial charge in [-0.1, -0.05) is 6.92 Å². The van der Waals surface area contributed by atoms with E-state index in [1.54, 1.807) is 17.5 Å². The van der Waals surface area contributed by atoms with E-state index in [0.717, 1.165) is 11.4 Å². The van der Waals surface area contributed by atoms with Crippen molar-refractivity contribution in [1.82, 2.24) is 10.3 Å². The molecule has 0 aliphatic carbocycles. The molecule has 1 aromatic heterocycles. The number of esters is 1. The van der Waals surface area contributed by atoms with E-state index < -0.39 is 0 Å². The molecule has 1 aromatic rings. The van der Waals surface area contributed by atoms with Crippen molar-refractivity contribution in [2.75, 3.05) is 13.2 Å². The third-order valence-electron chi connectivity index (χ3n) is 2.18. The number of rotatable bonds is 7. The van der Waals surface area contributed by atoms with Crippen LogP contribution in [0.15, 0.2) is 11.6 Å². The Morgan fingerprint density at radius 1 is 1.62 bits per heavy atom. The smallest absolute Gasteiger partial charge is 0.307 e. The Labute approximate surface area is 100 Å². The highest BCUT2D eigenvalue weighted by atomic mass is 32.1. The topological polar surface area (TPSA) is 51.2 Å². The Kier molecular flexibility index (Phi) is 6.03. The van der Waals surface area contributed by atoms with Crippen molar-refractivity contribution in [1.29, 1.82) is 0 Å². The number of carbonyl (C=O) groups is 1. The maximum Gasteiger partial charge on any atom is 0.307 e. The van der Waals surface area contributed by atoms with Crippen molar-refractivity contribution in [3.05, 3.63) is 16.6 Å². The van der Waals surface area contributed by atoms with E-state index >= 15 is 0 Å². The number of nitrogens with zero attached hydrogens (tertiary/aromatic N) is 1. The molecule has 0 saturated heterocycles. The Bertz CT molecular complexity index is 301. The van der Waals surface area contributed by atoms with Crippen molar-refractivity contribution in [3.8, 4) is 0 Å². The summed E-state index contributed by atoms with van der Waals surface area (Å²) in [6, 6.07) is 0.245. The van der Waals surface area contributed by atoms with Crippen LogP contribution >= 0.6 is 11.3 Å². The first-order chi connectivity index (χ1) is 7.77. The lowest BCUT2D eigenvalue weighted by Gasteiger charge is -2.13. The van der Waals surface area contributed by atoms with Gasteiger partial charge in [0.25, 0.3) is 0 Å². The summed E-state index contributed by atoms with van der Waals surface area (Å²) in [5.41, 5.74) is 0. The first-order valence-electron chi connectivity index (χ1n) is 5.56. The van der Waals surface area contributed by atoms with Crippen LogP contribution in [0.1, 0.15) is 37.7 Å². The SMILES string of the molecule is CCOC(=O)CCNC(CC)c1nccs1. The van der Waals surface area contributed by atoms with Crippen molar-refractivity contribution < 1.29 is 9.53 Å². The highest BCUT2D eigenvalue weighted by Crippen LogP contribution is 2.18. The molecule has 16 heavy (non-hydrogen) atoms. The predicted octanol–water partition coefficient (Wildman–Crippen LogP) is 2.14. The predicted molar refractivity (Wildman–Crippen MR) is 64.4 cm³/mol. The summed E-state index contributed by atoms with van der Waals surface area (Å²) in [6.45, 7) is 5.00. The Morgan fingerprint density at radius 2 is 2.44 bits per heavy atom. The average molecular weight is 242 g/mol. The molecule has 0 aliphatic heterocycles. The molecule has 0 radical (unpaired) electrons. The largest absolute Gasteiger partial charge is 0.466 e. The van der Waals surface area contributed by atoms with Gasteiger partial charge in [0.2, 0.25) is 0 Å². The zero-order chi connectivity index (χ0) is 11.8. The molecule has 4 nitrogen and oxygen atoms in total. The monoisotopic (exact) mass is 242 g/mol. The van der Waals surface area contributed by atoms with Gasteiger partial charge < -0.3 is 10.1 Å². The van der Waals surface area contributed by atoms with E-state index in [9.17, 15) is 4.79 Å². The average Bonchev–Trinajstić information content (AvgIpc) is 2.78. The molecule has 1 rings (SSSR count). The van der Waals surface area contributed by atoms with Gasteiger partial charge in [0.15, 0.2) is 0 Å². The minimum atomic E-state index is -0.149. The van der Waals surface area contributed by atoms with E-state index in [-0.39, 0.29) is 12.0 Å². The Balaban J connectivity index is 2.27. The first kappa shape index (κ1) is 13.1. The summed E-state index contributed by atoms with van der Waals surface area (Å²) in [4.78, 5) is 15.4. The first-order valence-corrected chi connectivity index (χ1v) is 6.44. The molecule has 0 saturated carbocycles. The minimum Gasteiger partial charge on any atom is -0.466 e. The highest BCUT2D eigenvalue weighted by molar-refractivity contribution is 7.09. The van der Waals surface area contributed by atoms with Crippen LogP contribution in [-0.4, -0.2) is 24.1 Å². The second kappa shape index (κ2) is 7.35. The van der Waals surface area contributed by atoms with Crippen LogP contribution in [0.4, 0.5) is 0 Å². The molecule has 1 unspecified atom stereocenters. The summed E-state index contributed by atoms with van der Waals surface area (Å²) in [5.74, 6) is -0.149. The van der Waals surface area contributed by atoms with Gasteiger partial charge in [-0.3, -0.25) is 4.79 Å². The number of hydrogen-bond donors (Lipinski definition) is 1. The molecule has 0 bridgehead atoms. The van der Waals surface area contributed by atoms with Crippen molar-refractivity contribution in [2.45, 2.75) is 32.7 Å². The van der Waals surface area contributed by atoms with Gasteiger partial charge in [-0.2, -0.15) is 0 Å². The molecule has 1 atom stereocenters. The van der Waals surface area contributed by atoms with Crippen LogP contribution in [0.3, 0.4) is 0 Å². The summed E-state index contributed by atoms with van der Waals surface area (Å²) >= 11 is 1.63. The van der Waals surface area contributed by atoms with E-state index in [0.29, 0.717) is 19.6 Å². The Morgan fingerprint density at radius 3 is 3.00 bits per heavy atom. The summed E-state index contributed by atoms with van der Waals surface area (Å²) in [7, 11) is 0. The van der Waals surface area contributed by atoms with Gasteiger partial charge in [-0.15, -0.1) is 11.3 Å². The zero-order valence-electron chi connectivity index (χ0n) is 9.73. The second-order valence-electron chi connectivity index (χ2n) is 3.34. The quantitative estimate of drug-likeness (QED) is 0.744. The molecule has 5 heteroatoms. The summed E-state index contributed by atoms with van der Waals surface area (Å²) in [6.07, 6.45) is 3.18. The summed E-state index contributed by atoms with van der Waals surface area (Å²) in [5, 5.41) is 6.35. The normalized spacial score (nSPS) is 12.4. The van der Waals surface area contributed by atoms with Crippen LogP contribution in [0.5, 0.6) is 0 Å². The maximum absolute atomic E-state index is 11.1. The third-order valence-corrected chi connectivity index (χ3v) is 3.07. The van der Waals surface area contributed by atoms with E-state index in [1.165, 1.54) is 0 Å². The van der Waals surface area contributed by atoms with E-state index in [4.69, 9.17) is 4.74 Å². The number of aromatic nitrogens is 1. The fourth-order valence-electron chi connectivity index (χ4n) is 1.39. The zero-order valence-corrected chi connectivity index (χ0v) is 10.5. The fourth-order valence-corrected chi connectivity index (χ4v) is 2.19. The molecule has 0 aliphatic rings. The lowest BCUT2D eigenvalue weighted by atomic mass is 10.2.